The molecule has 112 valence electrons. The van der Waals surface area contributed by atoms with E-state index in [2.05, 4.69) is 10.3 Å². The van der Waals surface area contributed by atoms with Crippen molar-refractivity contribution in [3.8, 4) is 0 Å². The van der Waals surface area contributed by atoms with Gasteiger partial charge in [-0.2, -0.15) is 0 Å². The zero-order valence-corrected chi connectivity index (χ0v) is 12.8. The standard InChI is InChI=1S/C13H14ClN3O3S/c1-8(9-2-3-10(14)21-9)12(19)15-5-7-17-6-4-11(18)16-13(17)20/h2-4,6,8H,5,7H2,1H3,(H,15,19)(H,16,18,20). The molecule has 1 atom stereocenters. The fraction of sp³-hybridized carbons (Fsp3) is 0.308. The van der Waals surface area contributed by atoms with Crippen molar-refractivity contribution in [3.05, 3.63) is 54.4 Å². The molecule has 0 radical (unpaired) electrons. The van der Waals surface area contributed by atoms with Crippen LogP contribution in [0.4, 0.5) is 0 Å². The Morgan fingerprint density at radius 3 is 2.81 bits per heavy atom. The molecule has 8 heteroatoms. The van der Waals surface area contributed by atoms with E-state index in [4.69, 9.17) is 11.6 Å². The van der Waals surface area contributed by atoms with Crippen molar-refractivity contribution in [3.63, 3.8) is 0 Å². The van der Waals surface area contributed by atoms with E-state index in [1.54, 1.807) is 13.0 Å². The van der Waals surface area contributed by atoms with E-state index in [0.717, 1.165) is 4.88 Å². The lowest BCUT2D eigenvalue weighted by atomic mass is 10.1. The molecule has 2 aromatic heterocycles. The Labute approximate surface area is 129 Å². The van der Waals surface area contributed by atoms with Gasteiger partial charge in [0.25, 0.3) is 5.56 Å². The van der Waals surface area contributed by atoms with E-state index >= 15 is 0 Å². The minimum Gasteiger partial charge on any atom is -0.354 e. The molecule has 2 rings (SSSR count). The first kappa shape index (κ1) is 15.5. The third-order valence-electron chi connectivity index (χ3n) is 2.96. The van der Waals surface area contributed by atoms with Gasteiger partial charge in [0.2, 0.25) is 5.91 Å². The zero-order chi connectivity index (χ0) is 15.4. The van der Waals surface area contributed by atoms with Gasteiger partial charge in [0.15, 0.2) is 0 Å². The number of amides is 1. The summed E-state index contributed by atoms with van der Waals surface area (Å²) in [5.41, 5.74) is -0.932. The number of thiophene rings is 1. The first-order valence-electron chi connectivity index (χ1n) is 6.30. The van der Waals surface area contributed by atoms with Crippen LogP contribution in [0.2, 0.25) is 4.34 Å². The van der Waals surface area contributed by atoms with Crippen LogP contribution in [0.15, 0.2) is 34.0 Å². The Morgan fingerprint density at radius 1 is 1.43 bits per heavy atom. The van der Waals surface area contributed by atoms with Gasteiger partial charge in [-0.25, -0.2) is 4.79 Å². The number of halogens is 1. The zero-order valence-electron chi connectivity index (χ0n) is 11.3. The molecule has 21 heavy (non-hydrogen) atoms. The Bertz CT molecular complexity index is 749. The van der Waals surface area contributed by atoms with Crippen LogP contribution >= 0.6 is 22.9 Å². The van der Waals surface area contributed by atoms with Gasteiger partial charge < -0.3 is 5.32 Å². The van der Waals surface area contributed by atoms with E-state index in [1.807, 2.05) is 6.07 Å². The summed E-state index contributed by atoms with van der Waals surface area (Å²) in [6, 6.07) is 4.84. The summed E-state index contributed by atoms with van der Waals surface area (Å²) < 4.78 is 1.97. The Kier molecular flexibility index (Phi) is 4.98. The number of carbonyl (C=O) groups excluding carboxylic acids is 1. The first-order chi connectivity index (χ1) is 9.97. The molecule has 0 aliphatic carbocycles. The highest BCUT2D eigenvalue weighted by molar-refractivity contribution is 7.16. The van der Waals surface area contributed by atoms with Crippen LogP contribution in [0.5, 0.6) is 0 Å². The first-order valence-corrected chi connectivity index (χ1v) is 7.49. The topological polar surface area (TPSA) is 84.0 Å². The Balaban J connectivity index is 1.89. The molecule has 0 bridgehead atoms. The van der Waals surface area contributed by atoms with E-state index in [1.165, 1.54) is 28.2 Å². The van der Waals surface area contributed by atoms with Crippen LogP contribution in [0, 0.1) is 0 Å². The minimum atomic E-state index is -0.491. The maximum Gasteiger partial charge on any atom is 0.328 e. The van der Waals surface area contributed by atoms with Crippen molar-refractivity contribution >= 4 is 28.8 Å². The summed E-state index contributed by atoms with van der Waals surface area (Å²) in [5, 5.41) is 2.75. The molecule has 0 saturated carbocycles. The van der Waals surface area contributed by atoms with Gasteiger partial charge in [0.05, 0.1) is 10.3 Å². The maximum atomic E-state index is 12.0. The van der Waals surface area contributed by atoms with Crippen LogP contribution in [0.1, 0.15) is 17.7 Å². The largest absolute Gasteiger partial charge is 0.354 e. The lowest BCUT2D eigenvalue weighted by Crippen LogP contribution is -2.35. The maximum absolute atomic E-state index is 12.0. The van der Waals surface area contributed by atoms with Gasteiger partial charge in [-0.1, -0.05) is 11.6 Å². The van der Waals surface area contributed by atoms with Gasteiger partial charge in [0.1, 0.15) is 0 Å². The predicted molar refractivity (Wildman–Crippen MR) is 82.1 cm³/mol. The van der Waals surface area contributed by atoms with Gasteiger partial charge in [-0.15, -0.1) is 11.3 Å². The number of nitrogens with zero attached hydrogens (tertiary/aromatic N) is 1. The number of rotatable bonds is 5. The fourth-order valence-electron chi connectivity index (χ4n) is 1.76. The molecule has 0 aliphatic heterocycles. The molecule has 6 nitrogen and oxygen atoms in total. The van der Waals surface area contributed by atoms with Crippen molar-refractivity contribution in [2.75, 3.05) is 6.54 Å². The lowest BCUT2D eigenvalue weighted by molar-refractivity contribution is -0.122. The third kappa shape index (κ3) is 4.05. The summed E-state index contributed by atoms with van der Waals surface area (Å²) >= 11 is 7.21. The Hall–Kier alpha value is -1.86. The normalized spacial score (nSPS) is 12.1. The molecule has 2 heterocycles. The summed E-state index contributed by atoms with van der Waals surface area (Å²) in [6.07, 6.45) is 1.40. The number of H-pyrrole nitrogens is 1. The molecule has 2 N–H and O–H groups in total. The van der Waals surface area contributed by atoms with Gasteiger partial charge in [-0.05, 0) is 19.1 Å². The molecule has 1 unspecified atom stereocenters. The van der Waals surface area contributed by atoms with E-state index in [-0.39, 0.29) is 11.8 Å². The number of hydrogen-bond donors (Lipinski definition) is 2. The molecule has 0 fully saturated rings. The lowest BCUT2D eigenvalue weighted by Gasteiger charge is -2.11. The van der Waals surface area contributed by atoms with Crippen molar-refractivity contribution in [2.24, 2.45) is 0 Å². The number of aromatic amines is 1. The summed E-state index contributed by atoms with van der Waals surface area (Å²) in [4.78, 5) is 37.4. The number of aromatic nitrogens is 2. The average molecular weight is 328 g/mol. The molecule has 0 aromatic carbocycles. The highest BCUT2D eigenvalue weighted by Gasteiger charge is 2.16. The molecular weight excluding hydrogens is 314 g/mol. The molecular formula is C13H14ClN3O3S. The van der Waals surface area contributed by atoms with Crippen LogP contribution in [-0.2, 0) is 11.3 Å². The van der Waals surface area contributed by atoms with Crippen molar-refractivity contribution < 1.29 is 4.79 Å². The van der Waals surface area contributed by atoms with Gasteiger partial charge >= 0.3 is 5.69 Å². The van der Waals surface area contributed by atoms with Crippen LogP contribution in [0.3, 0.4) is 0 Å². The van der Waals surface area contributed by atoms with E-state index in [9.17, 15) is 14.4 Å². The van der Waals surface area contributed by atoms with Gasteiger partial charge in [-0.3, -0.25) is 19.1 Å². The second-order valence-corrected chi connectivity index (χ2v) is 6.20. The molecule has 0 aliphatic rings. The van der Waals surface area contributed by atoms with Crippen molar-refractivity contribution in [1.29, 1.82) is 0 Å². The summed E-state index contributed by atoms with van der Waals surface area (Å²) in [6.45, 7) is 2.39. The summed E-state index contributed by atoms with van der Waals surface area (Å²) in [7, 11) is 0. The quantitative estimate of drug-likeness (QED) is 0.864. The molecule has 0 spiro atoms. The van der Waals surface area contributed by atoms with Crippen molar-refractivity contribution in [2.45, 2.75) is 19.4 Å². The van der Waals surface area contributed by atoms with Crippen LogP contribution in [-0.4, -0.2) is 22.0 Å². The fourth-order valence-corrected chi connectivity index (χ4v) is 2.87. The second-order valence-electron chi connectivity index (χ2n) is 4.46. The molecule has 0 saturated heterocycles. The molecule has 1 amide bonds. The number of nitrogens with one attached hydrogen (secondary N) is 2. The predicted octanol–water partition coefficient (Wildman–Crippen LogP) is 1.17. The highest BCUT2D eigenvalue weighted by Crippen LogP contribution is 2.27. The average Bonchev–Trinajstić information content (AvgIpc) is 2.87. The minimum absolute atomic E-state index is 0.133. The van der Waals surface area contributed by atoms with Crippen molar-refractivity contribution in [1.82, 2.24) is 14.9 Å². The summed E-state index contributed by atoms with van der Waals surface area (Å²) in [5.74, 6) is -0.430. The SMILES string of the molecule is CC(C(=O)NCCn1ccc(=O)[nH]c1=O)c1ccc(Cl)s1. The monoisotopic (exact) mass is 327 g/mol. The highest BCUT2D eigenvalue weighted by atomic mass is 35.5. The van der Waals surface area contributed by atoms with Crippen LogP contribution < -0.4 is 16.6 Å². The smallest absolute Gasteiger partial charge is 0.328 e. The van der Waals surface area contributed by atoms with Crippen LogP contribution in [0.25, 0.3) is 0 Å². The number of carbonyl (C=O) groups is 1. The van der Waals surface area contributed by atoms with Gasteiger partial charge in [0, 0.05) is 30.2 Å². The van der Waals surface area contributed by atoms with E-state index in [0.29, 0.717) is 17.4 Å². The molecule has 2 aromatic rings. The number of hydrogen-bond acceptors (Lipinski definition) is 4. The Morgan fingerprint density at radius 2 is 2.19 bits per heavy atom. The third-order valence-corrected chi connectivity index (χ3v) is 4.38. The van der Waals surface area contributed by atoms with E-state index < -0.39 is 11.2 Å². The second kappa shape index (κ2) is 6.73.